The highest BCUT2D eigenvalue weighted by Crippen LogP contribution is 2.62. The number of furan rings is 1. The van der Waals surface area contributed by atoms with Gasteiger partial charge in [-0.25, -0.2) is 0 Å². The van der Waals surface area contributed by atoms with Crippen LogP contribution in [0, 0.1) is 0 Å². The third-order valence-corrected chi connectivity index (χ3v) is 15.2. The molecular weight excluding hydrogens is 849 g/mol. The Morgan fingerprint density at radius 2 is 0.914 bits per heavy atom. The molecule has 0 fully saturated rings. The Morgan fingerprint density at radius 1 is 0.329 bits per heavy atom. The van der Waals surface area contributed by atoms with Gasteiger partial charge in [-0.05, 0) is 122 Å². The van der Waals surface area contributed by atoms with Crippen LogP contribution in [0.25, 0.3) is 93.9 Å². The zero-order chi connectivity index (χ0) is 45.9. The second kappa shape index (κ2) is 14.9. The number of hydrogen-bond donors (Lipinski definition) is 0. The van der Waals surface area contributed by atoms with E-state index in [4.69, 9.17) is 4.42 Å². The zero-order valence-corrected chi connectivity index (χ0v) is 38.1. The molecule has 0 radical (unpaired) electrons. The van der Waals surface area contributed by atoms with Crippen LogP contribution in [-0.4, -0.2) is 4.57 Å². The van der Waals surface area contributed by atoms with E-state index in [9.17, 15) is 0 Å². The number of anilines is 3. The predicted molar refractivity (Wildman–Crippen MR) is 290 cm³/mol. The molecule has 0 bridgehead atoms. The molecule has 70 heavy (non-hydrogen) atoms. The van der Waals surface area contributed by atoms with Gasteiger partial charge in [0.15, 0.2) is 0 Å². The molecule has 3 nitrogen and oxygen atoms in total. The smallest absolute Gasteiger partial charge is 0.135 e. The van der Waals surface area contributed by atoms with Crippen molar-refractivity contribution in [2.24, 2.45) is 0 Å². The maximum Gasteiger partial charge on any atom is 0.135 e. The average Bonchev–Trinajstić information content (AvgIpc) is 4.08. The number of aromatic nitrogens is 1. The lowest BCUT2D eigenvalue weighted by Gasteiger charge is -2.39. The first kappa shape index (κ1) is 38.9. The van der Waals surface area contributed by atoms with Gasteiger partial charge in [0.2, 0.25) is 0 Å². The summed E-state index contributed by atoms with van der Waals surface area (Å²) < 4.78 is 8.72. The van der Waals surface area contributed by atoms with Gasteiger partial charge in [0.1, 0.15) is 11.2 Å². The van der Waals surface area contributed by atoms with E-state index < -0.39 is 5.41 Å². The Kier molecular flexibility index (Phi) is 8.28. The van der Waals surface area contributed by atoms with Gasteiger partial charge in [-0.3, -0.25) is 0 Å². The van der Waals surface area contributed by atoms with Crippen LogP contribution < -0.4 is 4.90 Å². The van der Waals surface area contributed by atoms with E-state index in [0.717, 1.165) is 61.3 Å². The minimum Gasteiger partial charge on any atom is -0.456 e. The van der Waals surface area contributed by atoms with Crippen molar-refractivity contribution in [3.05, 3.63) is 277 Å². The second-order valence-corrected chi connectivity index (χ2v) is 18.7. The van der Waals surface area contributed by atoms with Crippen molar-refractivity contribution < 1.29 is 4.42 Å². The number of benzene rings is 11. The van der Waals surface area contributed by atoms with Crippen molar-refractivity contribution in [1.82, 2.24) is 4.57 Å². The van der Waals surface area contributed by atoms with Gasteiger partial charge < -0.3 is 13.9 Å². The minimum atomic E-state index is -0.531. The topological polar surface area (TPSA) is 21.3 Å². The number of para-hydroxylation sites is 5. The van der Waals surface area contributed by atoms with Gasteiger partial charge >= 0.3 is 0 Å². The summed E-state index contributed by atoms with van der Waals surface area (Å²) in [6.45, 7) is 0. The van der Waals surface area contributed by atoms with E-state index in [1.807, 2.05) is 12.1 Å². The fourth-order valence-electron chi connectivity index (χ4n) is 12.2. The van der Waals surface area contributed by atoms with Crippen LogP contribution in [0.4, 0.5) is 17.1 Å². The zero-order valence-electron chi connectivity index (χ0n) is 38.1. The maximum absolute atomic E-state index is 6.21. The highest BCUT2D eigenvalue weighted by atomic mass is 16.3. The quantitative estimate of drug-likeness (QED) is 0.166. The van der Waals surface area contributed by atoms with Crippen molar-refractivity contribution in [3.8, 4) is 50.2 Å². The van der Waals surface area contributed by atoms with Gasteiger partial charge in [-0.1, -0.05) is 194 Å². The standard InChI is InChI=1S/C67H42N2O/c1-2-15-43(16-3-1)44-29-31-46(32-30-44)50-17-5-10-25-61(50)68(48-36-33-45(34-37-48)47-35-40-65-56(41-47)53-20-7-13-28-64(53)70-65)49-38-39-58-55(42-49)51-18-4-8-22-57(51)67(58)59-23-9-12-27-63(59)69-62-26-11-6-19-52(62)54-21-14-24-60(67)66(54)69/h1-42H. The molecule has 11 aromatic carbocycles. The summed E-state index contributed by atoms with van der Waals surface area (Å²) in [5.74, 6) is 0. The molecule has 0 saturated heterocycles. The maximum atomic E-state index is 6.21. The molecular formula is C67H42N2O. The van der Waals surface area contributed by atoms with Crippen molar-refractivity contribution in [2.75, 3.05) is 4.90 Å². The first-order valence-electron chi connectivity index (χ1n) is 24.2. The molecule has 1 aliphatic heterocycles. The molecule has 1 atom stereocenters. The number of nitrogens with zero attached hydrogens (tertiary/aromatic N) is 2. The first-order chi connectivity index (χ1) is 34.7. The Hall–Kier alpha value is -9.18. The molecule has 0 saturated carbocycles. The highest BCUT2D eigenvalue weighted by Gasteiger charge is 2.51. The second-order valence-electron chi connectivity index (χ2n) is 18.7. The van der Waals surface area contributed by atoms with Crippen molar-refractivity contribution in [2.45, 2.75) is 5.41 Å². The molecule has 3 heteroatoms. The summed E-state index contributed by atoms with van der Waals surface area (Å²) in [5, 5.41) is 4.82. The Balaban J connectivity index is 0.935. The molecule has 1 unspecified atom stereocenters. The number of fused-ring (bicyclic) bond motifs is 15. The molecule has 0 amide bonds. The van der Waals surface area contributed by atoms with Crippen molar-refractivity contribution in [1.29, 1.82) is 0 Å². The van der Waals surface area contributed by atoms with Crippen LogP contribution >= 0.6 is 0 Å². The third kappa shape index (κ3) is 5.46. The third-order valence-electron chi connectivity index (χ3n) is 15.2. The van der Waals surface area contributed by atoms with E-state index in [0.29, 0.717) is 0 Å². The molecule has 3 heterocycles. The minimum absolute atomic E-state index is 0.531. The van der Waals surface area contributed by atoms with Gasteiger partial charge in [0, 0.05) is 38.5 Å². The van der Waals surface area contributed by atoms with Crippen LogP contribution in [0.15, 0.2) is 259 Å². The lowest BCUT2D eigenvalue weighted by Crippen LogP contribution is -2.33. The predicted octanol–water partition coefficient (Wildman–Crippen LogP) is 17.8. The molecule has 326 valence electrons. The van der Waals surface area contributed by atoms with E-state index in [1.54, 1.807) is 0 Å². The Labute approximate surface area is 405 Å². The van der Waals surface area contributed by atoms with Crippen LogP contribution in [-0.2, 0) is 5.41 Å². The number of hydrogen-bond acceptors (Lipinski definition) is 2. The summed E-state index contributed by atoms with van der Waals surface area (Å²) in [6.07, 6.45) is 0. The van der Waals surface area contributed by atoms with Gasteiger partial charge in [-0.2, -0.15) is 0 Å². The van der Waals surface area contributed by atoms with Gasteiger partial charge in [0.05, 0.1) is 27.8 Å². The summed E-state index contributed by atoms with van der Waals surface area (Å²) in [5.41, 5.74) is 23.0. The summed E-state index contributed by atoms with van der Waals surface area (Å²) in [6, 6.07) is 93.7. The lowest BCUT2D eigenvalue weighted by molar-refractivity contribution is 0.669. The van der Waals surface area contributed by atoms with E-state index in [2.05, 4.69) is 252 Å². The molecule has 2 aromatic heterocycles. The van der Waals surface area contributed by atoms with Crippen LogP contribution in [0.1, 0.15) is 22.3 Å². The van der Waals surface area contributed by atoms with Gasteiger partial charge in [0.25, 0.3) is 0 Å². The summed E-state index contributed by atoms with van der Waals surface area (Å²) >= 11 is 0. The molecule has 13 aromatic rings. The summed E-state index contributed by atoms with van der Waals surface area (Å²) in [7, 11) is 0. The highest BCUT2D eigenvalue weighted by molar-refractivity contribution is 6.13. The summed E-state index contributed by atoms with van der Waals surface area (Å²) in [4.78, 5) is 2.46. The van der Waals surface area contributed by atoms with Crippen molar-refractivity contribution >= 4 is 60.8 Å². The Bertz CT molecular complexity index is 4240. The molecule has 0 N–H and O–H groups in total. The fraction of sp³-hybridized carbons (Fsp3) is 0.0149. The molecule has 2 aliphatic rings. The normalized spacial score (nSPS) is 14.3. The molecule has 1 spiro atoms. The Morgan fingerprint density at radius 3 is 1.79 bits per heavy atom. The SMILES string of the molecule is c1ccc(-c2ccc(-c3ccccc3N(c3ccc(-c4ccc5oc6ccccc6c5c4)cc3)c3ccc4c(c3)-c3ccccc3C43c4ccccc4-n4c5ccccc5c5cccc3c54)cc2)cc1. The fourth-order valence-corrected chi connectivity index (χ4v) is 12.2. The van der Waals surface area contributed by atoms with Gasteiger partial charge in [-0.15, -0.1) is 0 Å². The van der Waals surface area contributed by atoms with Crippen LogP contribution in [0.5, 0.6) is 0 Å². The van der Waals surface area contributed by atoms with E-state index >= 15 is 0 Å². The van der Waals surface area contributed by atoms with Crippen LogP contribution in [0.2, 0.25) is 0 Å². The van der Waals surface area contributed by atoms with E-state index in [-0.39, 0.29) is 0 Å². The average molecular weight is 891 g/mol. The lowest BCUT2D eigenvalue weighted by atomic mass is 9.65. The van der Waals surface area contributed by atoms with Crippen molar-refractivity contribution in [3.63, 3.8) is 0 Å². The first-order valence-corrected chi connectivity index (χ1v) is 24.2. The molecule has 15 rings (SSSR count). The van der Waals surface area contributed by atoms with E-state index in [1.165, 1.54) is 72.0 Å². The van der Waals surface area contributed by atoms with Crippen LogP contribution in [0.3, 0.4) is 0 Å². The monoisotopic (exact) mass is 890 g/mol. The largest absolute Gasteiger partial charge is 0.456 e. The molecule has 1 aliphatic carbocycles. The number of rotatable bonds is 6.